The lowest BCUT2D eigenvalue weighted by Crippen LogP contribution is -2.34. The highest BCUT2D eigenvalue weighted by Gasteiger charge is 2.36. The van der Waals surface area contributed by atoms with E-state index in [-0.39, 0.29) is 5.97 Å². The van der Waals surface area contributed by atoms with Gasteiger partial charge in [0.2, 0.25) is 0 Å². The van der Waals surface area contributed by atoms with Gasteiger partial charge in [0, 0.05) is 0 Å². The van der Waals surface area contributed by atoms with Crippen LogP contribution < -0.4 is 0 Å². The van der Waals surface area contributed by atoms with Crippen molar-refractivity contribution in [2.24, 2.45) is 17.3 Å². The van der Waals surface area contributed by atoms with Crippen LogP contribution >= 0.6 is 0 Å². The number of hydrogen-bond donors (Lipinski definition) is 0. The molecule has 0 radical (unpaired) electrons. The van der Waals surface area contributed by atoms with Gasteiger partial charge in [-0.25, -0.2) is 0 Å². The molecule has 76 valence electrons. The van der Waals surface area contributed by atoms with Gasteiger partial charge in [-0.3, -0.25) is 4.79 Å². The molecule has 0 aromatic carbocycles. The predicted octanol–water partition coefficient (Wildman–Crippen LogP) is 2.99. The molecular weight excluding hydrogens is 164 g/mol. The fraction of sp³-hybridized carbons (Fsp3) is 0.727. The second-order valence-electron chi connectivity index (χ2n) is 4.33. The Morgan fingerprint density at radius 2 is 1.85 bits per heavy atom. The van der Waals surface area contributed by atoms with Crippen molar-refractivity contribution < 1.29 is 9.53 Å². The SMILES string of the molecule is C=COC(=O)C(C)(C)C(C)C(C)C. The lowest BCUT2D eigenvalue weighted by molar-refractivity contribution is -0.151. The Bertz CT molecular complexity index is 192. The molecule has 0 saturated carbocycles. The molecule has 0 rings (SSSR count). The maximum Gasteiger partial charge on any atom is 0.316 e. The molecule has 2 nitrogen and oxygen atoms in total. The minimum absolute atomic E-state index is 0.205. The topological polar surface area (TPSA) is 26.3 Å². The van der Waals surface area contributed by atoms with Crippen LogP contribution in [0.4, 0.5) is 0 Å². The summed E-state index contributed by atoms with van der Waals surface area (Å²) in [5.41, 5.74) is -0.442. The van der Waals surface area contributed by atoms with Gasteiger partial charge in [-0.1, -0.05) is 27.4 Å². The van der Waals surface area contributed by atoms with Crippen molar-refractivity contribution in [2.45, 2.75) is 34.6 Å². The molecule has 0 spiro atoms. The van der Waals surface area contributed by atoms with E-state index in [0.717, 1.165) is 0 Å². The van der Waals surface area contributed by atoms with Gasteiger partial charge in [-0.2, -0.15) is 0 Å². The van der Waals surface area contributed by atoms with E-state index in [2.05, 4.69) is 27.4 Å². The lowest BCUT2D eigenvalue weighted by Gasteiger charge is -2.31. The monoisotopic (exact) mass is 184 g/mol. The third kappa shape index (κ3) is 2.87. The molecule has 1 atom stereocenters. The van der Waals surface area contributed by atoms with Crippen LogP contribution in [0.25, 0.3) is 0 Å². The largest absolute Gasteiger partial charge is 0.435 e. The molecular formula is C11H20O2. The van der Waals surface area contributed by atoms with E-state index in [1.54, 1.807) is 0 Å². The second kappa shape index (κ2) is 4.45. The predicted molar refractivity (Wildman–Crippen MR) is 54.1 cm³/mol. The number of carbonyl (C=O) groups excluding carboxylic acids is 1. The van der Waals surface area contributed by atoms with Crippen LogP contribution in [0.1, 0.15) is 34.6 Å². The van der Waals surface area contributed by atoms with E-state index in [1.165, 1.54) is 6.26 Å². The average Bonchev–Trinajstić information content (AvgIpc) is 2.03. The maximum absolute atomic E-state index is 11.5. The summed E-state index contributed by atoms with van der Waals surface area (Å²) in [6.07, 6.45) is 1.19. The standard InChI is InChI=1S/C11H20O2/c1-7-13-10(12)11(5,6)9(4)8(2)3/h7-9H,1H2,2-6H3. The Balaban J connectivity index is 4.53. The Morgan fingerprint density at radius 3 is 2.15 bits per heavy atom. The van der Waals surface area contributed by atoms with Crippen LogP contribution in [0.3, 0.4) is 0 Å². The quantitative estimate of drug-likeness (QED) is 0.496. The van der Waals surface area contributed by atoms with E-state index in [0.29, 0.717) is 11.8 Å². The van der Waals surface area contributed by atoms with Crippen molar-refractivity contribution in [1.29, 1.82) is 0 Å². The molecule has 0 amide bonds. The molecule has 0 aliphatic carbocycles. The normalized spacial score (nSPS) is 14.0. The summed E-state index contributed by atoms with van der Waals surface area (Å²) in [6, 6.07) is 0. The Morgan fingerprint density at radius 1 is 1.38 bits per heavy atom. The van der Waals surface area contributed by atoms with Gasteiger partial charge in [0.15, 0.2) is 0 Å². The number of hydrogen-bond acceptors (Lipinski definition) is 2. The van der Waals surface area contributed by atoms with Crippen LogP contribution in [0.2, 0.25) is 0 Å². The van der Waals surface area contributed by atoms with Gasteiger partial charge in [-0.05, 0) is 25.7 Å². The minimum Gasteiger partial charge on any atom is -0.435 e. The zero-order valence-electron chi connectivity index (χ0n) is 9.26. The van der Waals surface area contributed by atoms with E-state index in [9.17, 15) is 4.79 Å². The van der Waals surface area contributed by atoms with E-state index in [4.69, 9.17) is 4.74 Å². The van der Waals surface area contributed by atoms with Crippen LogP contribution in [0.15, 0.2) is 12.8 Å². The van der Waals surface area contributed by atoms with Crippen molar-refractivity contribution in [3.05, 3.63) is 12.8 Å². The summed E-state index contributed by atoms with van der Waals surface area (Å²) >= 11 is 0. The molecule has 0 bridgehead atoms. The van der Waals surface area contributed by atoms with Crippen LogP contribution in [0.5, 0.6) is 0 Å². The Kier molecular flexibility index (Phi) is 4.18. The highest BCUT2D eigenvalue weighted by molar-refractivity contribution is 5.76. The average molecular weight is 184 g/mol. The van der Waals surface area contributed by atoms with Gasteiger partial charge < -0.3 is 4.74 Å². The number of esters is 1. The van der Waals surface area contributed by atoms with Crippen molar-refractivity contribution in [2.75, 3.05) is 0 Å². The summed E-state index contributed by atoms with van der Waals surface area (Å²) in [6.45, 7) is 13.5. The maximum atomic E-state index is 11.5. The number of carbonyl (C=O) groups is 1. The highest BCUT2D eigenvalue weighted by atomic mass is 16.5. The minimum atomic E-state index is -0.442. The van der Waals surface area contributed by atoms with Crippen LogP contribution in [-0.4, -0.2) is 5.97 Å². The molecule has 1 unspecified atom stereocenters. The summed E-state index contributed by atoms with van der Waals surface area (Å²) < 4.78 is 4.80. The third-order valence-electron chi connectivity index (χ3n) is 2.85. The van der Waals surface area contributed by atoms with Crippen molar-refractivity contribution >= 4 is 5.97 Å². The van der Waals surface area contributed by atoms with Crippen LogP contribution in [0, 0.1) is 17.3 Å². The molecule has 0 fully saturated rings. The third-order valence-corrected chi connectivity index (χ3v) is 2.85. The molecule has 0 N–H and O–H groups in total. The molecule has 13 heavy (non-hydrogen) atoms. The fourth-order valence-electron chi connectivity index (χ4n) is 1.25. The van der Waals surface area contributed by atoms with Crippen molar-refractivity contribution in [1.82, 2.24) is 0 Å². The van der Waals surface area contributed by atoms with E-state index < -0.39 is 5.41 Å². The smallest absolute Gasteiger partial charge is 0.316 e. The summed E-state index contributed by atoms with van der Waals surface area (Å²) in [5, 5.41) is 0. The van der Waals surface area contributed by atoms with Gasteiger partial charge >= 0.3 is 5.97 Å². The van der Waals surface area contributed by atoms with Crippen molar-refractivity contribution in [3.63, 3.8) is 0 Å². The first kappa shape index (κ1) is 12.2. The Labute approximate surface area is 81.0 Å². The van der Waals surface area contributed by atoms with Crippen molar-refractivity contribution in [3.8, 4) is 0 Å². The summed E-state index contributed by atoms with van der Waals surface area (Å²) in [4.78, 5) is 11.5. The van der Waals surface area contributed by atoms with E-state index in [1.807, 2.05) is 13.8 Å². The molecule has 0 aliphatic heterocycles. The zero-order valence-corrected chi connectivity index (χ0v) is 9.26. The fourth-order valence-corrected chi connectivity index (χ4v) is 1.25. The van der Waals surface area contributed by atoms with Gasteiger partial charge in [0.05, 0.1) is 11.7 Å². The molecule has 0 heterocycles. The highest BCUT2D eigenvalue weighted by Crippen LogP contribution is 2.33. The van der Waals surface area contributed by atoms with E-state index >= 15 is 0 Å². The van der Waals surface area contributed by atoms with Gasteiger partial charge in [-0.15, -0.1) is 0 Å². The Hall–Kier alpha value is -0.790. The van der Waals surface area contributed by atoms with Gasteiger partial charge in [0.1, 0.15) is 0 Å². The zero-order chi connectivity index (χ0) is 10.6. The first-order valence-corrected chi connectivity index (χ1v) is 4.66. The number of ether oxygens (including phenoxy) is 1. The van der Waals surface area contributed by atoms with Crippen LogP contribution in [-0.2, 0) is 9.53 Å². The molecule has 0 aliphatic rings. The second-order valence-corrected chi connectivity index (χ2v) is 4.33. The lowest BCUT2D eigenvalue weighted by atomic mass is 9.74. The molecule has 0 aromatic rings. The first-order chi connectivity index (χ1) is 5.84. The molecule has 2 heteroatoms. The number of rotatable bonds is 4. The summed E-state index contributed by atoms with van der Waals surface area (Å²) in [7, 11) is 0. The summed E-state index contributed by atoms with van der Waals surface area (Å²) in [5.74, 6) is 0.552. The van der Waals surface area contributed by atoms with Gasteiger partial charge in [0.25, 0.3) is 0 Å². The molecule has 0 aromatic heterocycles. The first-order valence-electron chi connectivity index (χ1n) is 4.66. The molecule has 0 saturated heterocycles.